The molecule has 0 fully saturated rings. The fraction of sp³-hybridized carbons (Fsp3) is 0.148. The quantitative estimate of drug-likeness (QED) is 0.465. The minimum atomic E-state index is -0.150. The van der Waals surface area contributed by atoms with Gasteiger partial charge < -0.3 is 4.90 Å². The van der Waals surface area contributed by atoms with E-state index in [-0.39, 0.29) is 11.9 Å². The maximum absolute atomic E-state index is 13.0. The number of aryl methyl sites for hydroxylation is 1. The molecule has 0 spiro atoms. The molecule has 2 aliphatic rings. The van der Waals surface area contributed by atoms with E-state index >= 15 is 0 Å². The maximum atomic E-state index is 13.0. The molecular weight excluding hydrogens is 390 g/mol. The Bertz CT molecular complexity index is 1200. The molecule has 30 heavy (non-hydrogen) atoms. The zero-order valence-electron chi connectivity index (χ0n) is 17.0. The molecule has 5 rings (SSSR count). The minimum Gasteiger partial charge on any atom is -0.301 e. The first-order chi connectivity index (χ1) is 14.5. The van der Waals surface area contributed by atoms with Gasteiger partial charge in [-0.3, -0.25) is 4.79 Å². The first kappa shape index (κ1) is 18.9. The fourth-order valence-corrected chi connectivity index (χ4v) is 4.75. The van der Waals surface area contributed by atoms with Crippen molar-refractivity contribution in [3.63, 3.8) is 0 Å². The Kier molecular flexibility index (Phi) is 4.60. The van der Waals surface area contributed by atoms with Crippen LogP contribution in [-0.4, -0.2) is 10.8 Å². The van der Waals surface area contributed by atoms with E-state index in [9.17, 15) is 4.79 Å². The van der Waals surface area contributed by atoms with Crippen molar-refractivity contribution in [2.24, 2.45) is 0 Å². The minimum absolute atomic E-state index is 0.0317. The van der Waals surface area contributed by atoms with E-state index in [2.05, 4.69) is 61.5 Å². The Morgan fingerprint density at radius 3 is 2.37 bits per heavy atom. The van der Waals surface area contributed by atoms with Crippen LogP contribution in [0.15, 0.2) is 84.4 Å². The summed E-state index contributed by atoms with van der Waals surface area (Å²) in [5.41, 5.74) is 9.34. The summed E-state index contributed by atoms with van der Waals surface area (Å²) in [6.45, 7) is 3.73. The van der Waals surface area contributed by atoms with Crippen molar-refractivity contribution in [1.82, 2.24) is 4.90 Å². The summed E-state index contributed by atoms with van der Waals surface area (Å²) in [5.74, 6) is 0.0317. The second kappa shape index (κ2) is 7.30. The lowest BCUT2D eigenvalue weighted by atomic mass is 9.87. The highest BCUT2D eigenvalue weighted by molar-refractivity contribution is 6.30. The Morgan fingerprint density at radius 1 is 0.967 bits per heavy atom. The Labute approximate surface area is 182 Å². The molecule has 148 valence electrons. The summed E-state index contributed by atoms with van der Waals surface area (Å²) in [5, 5.41) is 0.696. The van der Waals surface area contributed by atoms with Gasteiger partial charge in [0.25, 0.3) is 0 Å². The number of halogens is 1. The van der Waals surface area contributed by atoms with Crippen LogP contribution in [0.25, 0.3) is 11.3 Å². The molecule has 1 atom stereocenters. The summed E-state index contributed by atoms with van der Waals surface area (Å²) in [6, 6.07) is 24.7. The number of fused-ring (bicyclic) bond motifs is 2. The number of amides is 1. The van der Waals surface area contributed by atoms with E-state index in [1.54, 1.807) is 6.92 Å². The SMILES string of the molecule is CC(=O)N1C(c2ccc(C)cc2)=CC2=C(Cc3ccccc32)C1c1ccc(Cl)cc1. The molecule has 3 aromatic carbocycles. The molecule has 0 saturated heterocycles. The highest BCUT2D eigenvalue weighted by atomic mass is 35.5. The summed E-state index contributed by atoms with van der Waals surface area (Å²) >= 11 is 6.17. The van der Waals surface area contributed by atoms with Crippen LogP contribution in [0, 0.1) is 6.92 Å². The smallest absolute Gasteiger partial charge is 0.224 e. The number of carbonyl (C=O) groups excluding carboxylic acids is 1. The molecule has 1 aliphatic heterocycles. The van der Waals surface area contributed by atoms with Crippen LogP contribution in [0.5, 0.6) is 0 Å². The first-order valence-corrected chi connectivity index (χ1v) is 10.6. The molecule has 0 aromatic heterocycles. The molecule has 1 unspecified atom stereocenters. The molecule has 0 bridgehead atoms. The third-order valence-corrected chi connectivity index (χ3v) is 6.29. The standard InChI is InChI=1S/C27H22ClNO/c1-17-7-9-19(10-8-17)26-16-24-23-6-4-3-5-21(23)15-25(24)27(29(26)18(2)30)20-11-13-22(28)14-12-20/h3-14,16,27H,15H2,1-2H3. The Balaban J connectivity index is 1.75. The number of nitrogens with zero attached hydrogens (tertiary/aromatic N) is 1. The van der Waals surface area contributed by atoms with Gasteiger partial charge in [0.05, 0.1) is 11.7 Å². The van der Waals surface area contributed by atoms with Crippen molar-refractivity contribution < 1.29 is 4.79 Å². The molecule has 0 radical (unpaired) electrons. The van der Waals surface area contributed by atoms with Gasteiger partial charge in [-0.25, -0.2) is 0 Å². The summed E-state index contributed by atoms with van der Waals surface area (Å²) in [6.07, 6.45) is 3.04. The zero-order chi connectivity index (χ0) is 20.8. The molecule has 1 amide bonds. The Hall–Kier alpha value is -3.10. The summed E-state index contributed by atoms with van der Waals surface area (Å²) in [4.78, 5) is 14.9. The van der Waals surface area contributed by atoms with Crippen LogP contribution in [0.2, 0.25) is 5.02 Å². The zero-order valence-corrected chi connectivity index (χ0v) is 17.8. The van der Waals surface area contributed by atoms with E-state index < -0.39 is 0 Å². The number of carbonyl (C=O) groups is 1. The molecule has 0 saturated carbocycles. The molecule has 1 heterocycles. The lowest BCUT2D eigenvalue weighted by Crippen LogP contribution is -2.35. The van der Waals surface area contributed by atoms with Gasteiger partial charge in [0.1, 0.15) is 0 Å². The lowest BCUT2D eigenvalue weighted by molar-refractivity contribution is -0.127. The van der Waals surface area contributed by atoms with E-state index in [1.807, 2.05) is 29.2 Å². The van der Waals surface area contributed by atoms with Crippen molar-refractivity contribution in [3.8, 4) is 0 Å². The van der Waals surface area contributed by atoms with E-state index in [1.165, 1.54) is 27.8 Å². The monoisotopic (exact) mass is 411 g/mol. The van der Waals surface area contributed by atoms with Crippen molar-refractivity contribution in [2.75, 3.05) is 0 Å². The molecule has 3 heteroatoms. The van der Waals surface area contributed by atoms with Gasteiger partial charge in [0.15, 0.2) is 0 Å². The molecule has 0 N–H and O–H groups in total. The largest absolute Gasteiger partial charge is 0.301 e. The van der Waals surface area contributed by atoms with Crippen LogP contribution in [-0.2, 0) is 11.2 Å². The van der Waals surface area contributed by atoms with E-state index in [0.717, 1.165) is 23.2 Å². The van der Waals surface area contributed by atoms with E-state index in [4.69, 9.17) is 11.6 Å². The van der Waals surface area contributed by atoms with Crippen LogP contribution >= 0.6 is 11.6 Å². The Morgan fingerprint density at radius 2 is 1.67 bits per heavy atom. The average Bonchev–Trinajstić information content (AvgIpc) is 3.12. The number of hydrogen-bond acceptors (Lipinski definition) is 1. The number of hydrogen-bond donors (Lipinski definition) is 0. The van der Waals surface area contributed by atoms with Gasteiger partial charge in [0.2, 0.25) is 5.91 Å². The van der Waals surface area contributed by atoms with Gasteiger partial charge in [-0.15, -0.1) is 0 Å². The lowest BCUT2D eigenvalue weighted by Gasteiger charge is -2.38. The van der Waals surface area contributed by atoms with Crippen molar-refractivity contribution >= 4 is 28.8 Å². The predicted octanol–water partition coefficient (Wildman–Crippen LogP) is 6.60. The number of benzene rings is 3. The predicted molar refractivity (Wildman–Crippen MR) is 123 cm³/mol. The molecule has 2 nitrogen and oxygen atoms in total. The second-order valence-electron chi connectivity index (χ2n) is 8.01. The molecule has 3 aromatic rings. The average molecular weight is 412 g/mol. The van der Waals surface area contributed by atoms with Crippen molar-refractivity contribution in [3.05, 3.63) is 117 Å². The highest BCUT2D eigenvalue weighted by Crippen LogP contribution is 2.49. The third kappa shape index (κ3) is 3.09. The van der Waals surface area contributed by atoms with Crippen LogP contribution < -0.4 is 0 Å². The second-order valence-corrected chi connectivity index (χ2v) is 8.45. The summed E-state index contributed by atoms with van der Waals surface area (Å²) in [7, 11) is 0. The van der Waals surface area contributed by atoms with Gasteiger partial charge in [0, 0.05) is 11.9 Å². The van der Waals surface area contributed by atoms with Crippen molar-refractivity contribution in [1.29, 1.82) is 0 Å². The van der Waals surface area contributed by atoms with Crippen LogP contribution in [0.3, 0.4) is 0 Å². The topological polar surface area (TPSA) is 20.3 Å². The van der Waals surface area contributed by atoms with Gasteiger partial charge in [-0.1, -0.05) is 77.8 Å². The maximum Gasteiger partial charge on any atom is 0.224 e. The number of allylic oxidation sites excluding steroid dienone is 2. The molecular formula is C27H22ClNO. The van der Waals surface area contributed by atoms with Crippen LogP contribution in [0.4, 0.5) is 0 Å². The van der Waals surface area contributed by atoms with Gasteiger partial charge in [-0.2, -0.15) is 0 Å². The van der Waals surface area contributed by atoms with Gasteiger partial charge >= 0.3 is 0 Å². The van der Waals surface area contributed by atoms with E-state index in [0.29, 0.717) is 5.02 Å². The fourth-order valence-electron chi connectivity index (χ4n) is 4.62. The van der Waals surface area contributed by atoms with Crippen LogP contribution in [0.1, 0.15) is 40.8 Å². The molecule has 1 aliphatic carbocycles. The highest BCUT2D eigenvalue weighted by Gasteiger charge is 2.38. The normalized spacial score (nSPS) is 17.5. The van der Waals surface area contributed by atoms with Crippen molar-refractivity contribution in [2.45, 2.75) is 26.3 Å². The number of rotatable bonds is 2. The summed E-state index contributed by atoms with van der Waals surface area (Å²) < 4.78 is 0. The third-order valence-electron chi connectivity index (χ3n) is 6.04. The van der Waals surface area contributed by atoms with Gasteiger partial charge in [-0.05, 0) is 65.0 Å². The first-order valence-electron chi connectivity index (χ1n) is 10.2.